The van der Waals surface area contributed by atoms with E-state index in [2.05, 4.69) is 43.8 Å². The van der Waals surface area contributed by atoms with Crippen LogP contribution >= 0.6 is 23.2 Å². The molecule has 10 heteroatoms. The zero-order valence-electron chi connectivity index (χ0n) is 19.1. The molecule has 1 unspecified atom stereocenters. The second-order valence-corrected chi connectivity index (χ2v) is 10.2. The summed E-state index contributed by atoms with van der Waals surface area (Å²) in [6.45, 7) is 0. The summed E-state index contributed by atoms with van der Waals surface area (Å²) in [4.78, 5) is 27.1. The molecule has 7 rings (SSSR count). The molecule has 3 aromatic heterocycles. The Kier molecular flexibility index (Phi) is 5.02. The summed E-state index contributed by atoms with van der Waals surface area (Å²) in [6.07, 6.45) is 9.56. The van der Waals surface area contributed by atoms with Crippen molar-refractivity contribution >= 4 is 51.6 Å². The predicted octanol–water partition coefficient (Wildman–Crippen LogP) is 4.70. The van der Waals surface area contributed by atoms with Crippen molar-refractivity contribution in [1.29, 1.82) is 0 Å². The van der Waals surface area contributed by atoms with Gasteiger partial charge in [0.15, 0.2) is 5.65 Å². The Hall–Kier alpha value is -3.46. The fourth-order valence-corrected chi connectivity index (χ4v) is 5.60. The van der Waals surface area contributed by atoms with Crippen LogP contribution in [0.2, 0.25) is 10.0 Å². The van der Waals surface area contributed by atoms with Crippen LogP contribution in [0.15, 0.2) is 59.8 Å². The molecule has 2 N–H and O–H groups in total. The maximum atomic E-state index is 13.5. The number of fused-ring (bicyclic) bond motifs is 4. The fraction of sp³-hybridized carbons (Fsp3) is 0.231. The van der Waals surface area contributed by atoms with E-state index in [4.69, 9.17) is 23.2 Å². The number of nitrogens with one attached hydrogen (secondary N) is 2. The van der Waals surface area contributed by atoms with Gasteiger partial charge in [-0.05, 0) is 61.1 Å². The number of halogens is 2. The molecule has 0 spiro atoms. The number of nitrogens with zero attached hydrogens (tertiary/aromatic N) is 5. The van der Waals surface area contributed by atoms with Gasteiger partial charge in [-0.2, -0.15) is 4.98 Å². The molecular weight excluding hydrogens is 497 g/mol. The van der Waals surface area contributed by atoms with Crippen LogP contribution in [-0.2, 0) is 12.8 Å². The van der Waals surface area contributed by atoms with Crippen LogP contribution in [-0.4, -0.2) is 36.0 Å². The van der Waals surface area contributed by atoms with Crippen molar-refractivity contribution in [3.8, 4) is 5.69 Å². The normalized spacial score (nSPS) is 17.1. The summed E-state index contributed by atoms with van der Waals surface area (Å²) in [5.41, 5.74) is 4.11. The maximum absolute atomic E-state index is 13.5. The molecule has 0 radical (unpaired) electrons. The van der Waals surface area contributed by atoms with Crippen molar-refractivity contribution in [2.75, 3.05) is 5.32 Å². The second kappa shape index (κ2) is 8.30. The number of hydrogen-bond donors (Lipinski definition) is 2. The van der Waals surface area contributed by atoms with E-state index in [1.165, 1.54) is 34.7 Å². The van der Waals surface area contributed by atoms with Crippen LogP contribution in [0.1, 0.15) is 24.0 Å². The average molecular weight is 518 g/mol. The van der Waals surface area contributed by atoms with Crippen LogP contribution in [0.5, 0.6) is 0 Å². The first-order chi connectivity index (χ1) is 17.5. The molecule has 36 heavy (non-hydrogen) atoms. The summed E-state index contributed by atoms with van der Waals surface area (Å²) >= 11 is 12.8. The standard InChI is InChI=1S/C26H21Cl2N7O/c27-20-2-1-3-21(28)22(20)35-24(36)19-13-30-25(33-23(19)34-9-8-29-26(34)35)32-17-5-4-14-10-18(12-15(14)11-17)31-16-6-7-16/h1-5,8-9,11,13,16,18,31H,6-7,10,12H2,(H,30,32,33). The van der Waals surface area contributed by atoms with E-state index in [0.29, 0.717) is 50.6 Å². The van der Waals surface area contributed by atoms with Crippen LogP contribution < -0.4 is 16.2 Å². The molecule has 0 bridgehead atoms. The minimum Gasteiger partial charge on any atom is -0.324 e. The fourth-order valence-electron chi connectivity index (χ4n) is 5.04. The van der Waals surface area contributed by atoms with Crippen LogP contribution in [0.3, 0.4) is 0 Å². The highest BCUT2D eigenvalue weighted by atomic mass is 35.5. The third-order valence-corrected chi connectivity index (χ3v) is 7.47. The predicted molar refractivity (Wildman–Crippen MR) is 141 cm³/mol. The van der Waals surface area contributed by atoms with Gasteiger partial charge in [0.05, 0.1) is 15.7 Å². The number of hydrogen-bond acceptors (Lipinski definition) is 6. The van der Waals surface area contributed by atoms with Gasteiger partial charge in [-0.25, -0.2) is 14.5 Å². The number of para-hydroxylation sites is 1. The smallest absolute Gasteiger partial charge is 0.270 e. The van der Waals surface area contributed by atoms with E-state index in [-0.39, 0.29) is 5.56 Å². The molecule has 1 fully saturated rings. The van der Waals surface area contributed by atoms with Crippen LogP contribution in [0.25, 0.3) is 22.5 Å². The first kappa shape index (κ1) is 21.8. The lowest BCUT2D eigenvalue weighted by atomic mass is 10.1. The summed E-state index contributed by atoms with van der Waals surface area (Å²) in [5.74, 6) is 0.759. The maximum Gasteiger partial charge on any atom is 0.270 e. The zero-order valence-corrected chi connectivity index (χ0v) is 20.6. The minimum atomic E-state index is -0.350. The summed E-state index contributed by atoms with van der Waals surface area (Å²) < 4.78 is 3.14. The Bertz CT molecular complexity index is 1700. The highest BCUT2D eigenvalue weighted by Crippen LogP contribution is 2.31. The Balaban J connectivity index is 1.27. The van der Waals surface area contributed by atoms with E-state index in [0.717, 1.165) is 18.5 Å². The van der Waals surface area contributed by atoms with Crippen molar-refractivity contribution in [2.24, 2.45) is 0 Å². The van der Waals surface area contributed by atoms with Gasteiger partial charge in [-0.1, -0.05) is 35.3 Å². The quantitative estimate of drug-likeness (QED) is 0.351. The Labute approximate surface area is 215 Å². The Morgan fingerprint density at radius 2 is 1.78 bits per heavy atom. The highest BCUT2D eigenvalue weighted by molar-refractivity contribution is 6.37. The topological polar surface area (TPSA) is 89.1 Å². The number of aromatic nitrogens is 5. The molecule has 1 saturated carbocycles. The van der Waals surface area contributed by atoms with Gasteiger partial charge >= 0.3 is 0 Å². The molecule has 1 atom stereocenters. The first-order valence-corrected chi connectivity index (χ1v) is 12.6. The van der Waals surface area contributed by atoms with Crippen LogP contribution in [0, 0.1) is 0 Å². The number of rotatable bonds is 5. The van der Waals surface area contributed by atoms with Crippen LogP contribution in [0.4, 0.5) is 11.6 Å². The molecule has 8 nitrogen and oxygen atoms in total. The molecule has 5 aromatic rings. The lowest BCUT2D eigenvalue weighted by Crippen LogP contribution is -2.31. The minimum absolute atomic E-state index is 0.324. The van der Waals surface area contributed by atoms with Gasteiger partial charge in [-0.3, -0.25) is 9.20 Å². The molecular formula is C26H21Cl2N7O. The van der Waals surface area contributed by atoms with E-state index in [1.807, 2.05) is 0 Å². The van der Waals surface area contributed by atoms with Crippen molar-refractivity contribution in [3.63, 3.8) is 0 Å². The number of anilines is 2. The Morgan fingerprint density at radius 1 is 0.972 bits per heavy atom. The molecule has 0 amide bonds. The third kappa shape index (κ3) is 3.64. The molecule has 0 saturated heterocycles. The van der Waals surface area contributed by atoms with Gasteiger partial charge in [-0.15, -0.1) is 0 Å². The van der Waals surface area contributed by atoms with E-state index < -0.39 is 0 Å². The molecule has 2 aliphatic carbocycles. The Morgan fingerprint density at radius 3 is 2.58 bits per heavy atom. The van der Waals surface area contributed by atoms with E-state index >= 15 is 0 Å². The SMILES string of the molecule is O=c1c2cnc(Nc3ccc4c(c3)CC(NC3CC3)C4)nc2n2ccnc2n1-c1c(Cl)cccc1Cl. The molecule has 2 aliphatic rings. The molecule has 180 valence electrons. The monoisotopic (exact) mass is 517 g/mol. The highest BCUT2D eigenvalue weighted by Gasteiger charge is 2.28. The second-order valence-electron chi connectivity index (χ2n) is 9.39. The van der Waals surface area contributed by atoms with E-state index in [1.54, 1.807) is 35.0 Å². The first-order valence-electron chi connectivity index (χ1n) is 11.9. The van der Waals surface area contributed by atoms with Gasteiger partial charge in [0.2, 0.25) is 11.7 Å². The van der Waals surface area contributed by atoms with Crippen molar-refractivity contribution in [3.05, 3.63) is 86.5 Å². The molecule has 3 heterocycles. The lowest BCUT2D eigenvalue weighted by molar-refractivity contribution is 0.530. The van der Waals surface area contributed by atoms with Crippen molar-refractivity contribution in [1.82, 2.24) is 29.2 Å². The third-order valence-electron chi connectivity index (χ3n) is 6.86. The lowest BCUT2D eigenvalue weighted by Gasteiger charge is -2.14. The zero-order chi connectivity index (χ0) is 24.4. The van der Waals surface area contributed by atoms with Gasteiger partial charge < -0.3 is 10.6 Å². The summed E-state index contributed by atoms with van der Waals surface area (Å²) in [5, 5.41) is 8.05. The summed E-state index contributed by atoms with van der Waals surface area (Å²) in [7, 11) is 0. The van der Waals surface area contributed by atoms with E-state index in [9.17, 15) is 4.79 Å². The molecule has 0 aliphatic heterocycles. The van der Waals surface area contributed by atoms with Gasteiger partial charge in [0.1, 0.15) is 5.39 Å². The average Bonchev–Trinajstić information content (AvgIpc) is 3.37. The van der Waals surface area contributed by atoms with Gasteiger partial charge in [0, 0.05) is 36.4 Å². The largest absolute Gasteiger partial charge is 0.324 e. The number of imidazole rings is 1. The van der Waals surface area contributed by atoms with Gasteiger partial charge in [0.25, 0.3) is 5.56 Å². The summed E-state index contributed by atoms with van der Waals surface area (Å²) in [6, 6.07) is 12.7. The van der Waals surface area contributed by atoms with Crippen molar-refractivity contribution in [2.45, 2.75) is 37.8 Å². The number of benzene rings is 2. The molecule has 2 aromatic carbocycles. The van der Waals surface area contributed by atoms with Crippen molar-refractivity contribution < 1.29 is 0 Å².